The lowest BCUT2D eigenvalue weighted by molar-refractivity contribution is 0.100. The van der Waals surface area contributed by atoms with Crippen LogP contribution in [-0.2, 0) is 0 Å². The molecule has 0 atom stereocenters. The smallest absolute Gasteiger partial charge is 0.248 e. The summed E-state index contributed by atoms with van der Waals surface area (Å²) in [6.45, 7) is 0. The number of rotatable bonds is 1. The van der Waals surface area contributed by atoms with E-state index < -0.39 is 5.91 Å². The average Bonchev–Trinajstić information content (AvgIpc) is 2.67. The second-order valence-electron chi connectivity index (χ2n) is 5.38. The molecule has 0 saturated heterocycles. The molecule has 1 amide bonds. The average molecular weight is 321 g/mol. The van der Waals surface area contributed by atoms with Crippen LogP contribution in [0.5, 0.6) is 0 Å². The van der Waals surface area contributed by atoms with Crippen molar-refractivity contribution in [3.05, 3.63) is 107 Å². The van der Waals surface area contributed by atoms with Gasteiger partial charge in [-0.15, -0.1) is 0 Å². The molecule has 3 aromatic carbocycles. The number of carbonyl (C=O) groups is 1. The molecule has 0 aliphatic rings. The quantitative estimate of drug-likeness (QED) is 0.684. The molecule has 0 aliphatic heterocycles. The maximum atomic E-state index is 11.0. The van der Waals surface area contributed by atoms with Crippen molar-refractivity contribution in [2.75, 3.05) is 0 Å². The van der Waals surface area contributed by atoms with Gasteiger partial charge in [0.05, 0.1) is 0 Å². The molecular formula is C23H15NO. The first-order chi connectivity index (χ1) is 12.2. The maximum Gasteiger partial charge on any atom is 0.248 e. The fourth-order valence-corrected chi connectivity index (χ4v) is 2.16. The van der Waals surface area contributed by atoms with Crippen molar-refractivity contribution in [3.63, 3.8) is 0 Å². The normalized spacial score (nSPS) is 9.28. The Kier molecular flexibility index (Phi) is 4.95. The van der Waals surface area contributed by atoms with Crippen LogP contribution in [0.3, 0.4) is 0 Å². The van der Waals surface area contributed by atoms with Gasteiger partial charge in [-0.2, -0.15) is 0 Å². The molecule has 3 rings (SSSR count). The molecule has 0 unspecified atom stereocenters. The summed E-state index contributed by atoms with van der Waals surface area (Å²) in [6, 6.07) is 24.6. The highest BCUT2D eigenvalue weighted by Crippen LogP contribution is 2.05. The van der Waals surface area contributed by atoms with Crippen LogP contribution < -0.4 is 5.73 Å². The summed E-state index contributed by atoms with van der Waals surface area (Å²) in [7, 11) is 0. The van der Waals surface area contributed by atoms with Gasteiger partial charge < -0.3 is 5.73 Å². The minimum Gasteiger partial charge on any atom is -0.366 e. The first kappa shape index (κ1) is 16.1. The van der Waals surface area contributed by atoms with Gasteiger partial charge >= 0.3 is 0 Å². The summed E-state index contributed by atoms with van der Waals surface area (Å²) in [5, 5.41) is 0. The summed E-state index contributed by atoms with van der Waals surface area (Å²) in [5.41, 5.74) is 9.37. The summed E-state index contributed by atoms with van der Waals surface area (Å²) >= 11 is 0. The van der Waals surface area contributed by atoms with Crippen molar-refractivity contribution in [2.45, 2.75) is 0 Å². The largest absolute Gasteiger partial charge is 0.366 e. The maximum absolute atomic E-state index is 11.0. The standard InChI is InChI=1S/C23H15NO/c24-23(25)22-16-14-21(15-17-22)13-12-20-10-8-19(9-11-20)7-6-18-4-2-1-3-5-18/h1-5,8-11,14-17H,(H2,24,25). The first-order valence-corrected chi connectivity index (χ1v) is 7.80. The van der Waals surface area contributed by atoms with E-state index in [2.05, 4.69) is 23.7 Å². The predicted octanol–water partition coefficient (Wildman–Crippen LogP) is 3.59. The number of carbonyl (C=O) groups excluding carboxylic acids is 1. The molecule has 0 spiro atoms. The van der Waals surface area contributed by atoms with Crippen molar-refractivity contribution >= 4 is 5.91 Å². The minimum atomic E-state index is -0.438. The van der Waals surface area contributed by atoms with Gasteiger partial charge in [0.2, 0.25) is 5.91 Å². The van der Waals surface area contributed by atoms with Crippen LogP contribution in [0, 0.1) is 23.7 Å². The van der Waals surface area contributed by atoms with Crippen LogP contribution in [0.25, 0.3) is 0 Å². The van der Waals surface area contributed by atoms with Gasteiger partial charge in [-0.25, -0.2) is 0 Å². The Morgan fingerprint density at radius 1 is 0.560 bits per heavy atom. The lowest BCUT2D eigenvalue weighted by Gasteiger charge is -1.95. The minimum absolute atomic E-state index is 0.438. The number of benzene rings is 3. The van der Waals surface area contributed by atoms with Crippen LogP contribution in [0.15, 0.2) is 78.9 Å². The van der Waals surface area contributed by atoms with E-state index in [1.165, 1.54) is 0 Å². The molecule has 2 heteroatoms. The zero-order valence-corrected chi connectivity index (χ0v) is 13.5. The molecule has 0 bridgehead atoms. The summed E-state index contributed by atoms with van der Waals surface area (Å²) < 4.78 is 0. The van der Waals surface area contributed by atoms with Gasteiger partial charge in [0.15, 0.2) is 0 Å². The van der Waals surface area contributed by atoms with E-state index in [0.717, 1.165) is 22.3 Å². The molecule has 0 saturated carbocycles. The topological polar surface area (TPSA) is 43.1 Å². The highest BCUT2D eigenvalue weighted by molar-refractivity contribution is 5.92. The lowest BCUT2D eigenvalue weighted by Crippen LogP contribution is -2.10. The van der Waals surface area contributed by atoms with Gasteiger partial charge in [0, 0.05) is 27.8 Å². The van der Waals surface area contributed by atoms with Gasteiger partial charge in [0.25, 0.3) is 0 Å². The highest BCUT2D eigenvalue weighted by Gasteiger charge is 1.97. The Bertz CT molecular complexity index is 993. The molecular weight excluding hydrogens is 306 g/mol. The van der Waals surface area contributed by atoms with Gasteiger partial charge in [-0.05, 0) is 60.7 Å². The molecule has 25 heavy (non-hydrogen) atoms. The second-order valence-corrected chi connectivity index (χ2v) is 5.38. The highest BCUT2D eigenvalue weighted by atomic mass is 16.1. The van der Waals surface area contributed by atoms with Gasteiger partial charge in [-0.3, -0.25) is 4.79 Å². The Morgan fingerprint density at radius 3 is 1.32 bits per heavy atom. The summed E-state index contributed by atoms with van der Waals surface area (Å²) in [5.74, 6) is 12.0. The fraction of sp³-hybridized carbons (Fsp3) is 0. The lowest BCUT2D eigenvalue weighted by atomic mass is 10.1. The van der Waals surface area contributed by atoms with Crippen molar-refractivity contribution < 1.29 is 4.79 Å². The molecule has 0 aliphatic carbocycles. The Balaban J connectivity index is 1.71. The van der Waals surface area contributed by atoms with E-state index in [9.17, 15) is 4.79 Å². The number of nitrogens with two attached hydrogens (primary N) is 1. The van der Waals surface area contributed by atoms with Gasteiger partial charge in [0.1, 0.15) is 0 Å². The third kappa shape index (κ3) is 4.61. The van der Waals surface area contributed by atoms with E-state index in [-0.39, 0.29) is 0 Å². The fourth-order valence-electron chi connectivity index (χ4n) is 2.16. The third-order valence-electron chi connectivity index (χ3n) is 3.53. The second kappa shape index (κ2) is 7.68. The molecule has 3 aromatic rings. The third-order valence-corrected chi connectivity index (χ3v) is 3.53. The summed E-state index contributed by atoms with van der Waals surface area (Å²) in [4.78, 5) is 11.0. The molecule has 0 aromatic heterocycles. The van der Waals surface area contributed by atoms with Crippen molar-refractivity contribution in [1.82, 2.24) is 0 Å². The van der Waals surface area contributed by atoms with Crippen LogP contribution in [-0.4, -0.2) is 5.91 Å². The Hall–Kier alpha value is -3.75. The summed E-state index contributed by atoms with van der Waals surface area (Å²) in [6.07, 6.45) is 0. The molecule has 2 N–H and O–H groups in total. The first-order valence-electron chi connectivity index (χ1n) is 7.80. The van der Waals surface area contributed by atoms with Gasteiger partial charge in [-0.1, -0.05) is 41.9 Å². The van der Waals surface area contributed by atoms with E-state index in [1.807, 2.05) is 54.6 Å². The molecule has 0 radical (unpaired) electrons. The van der Waals surface area contributed by atoms with E-state index >= 15 is 0 Å². The van der Waals surface area contributed by atoms with E-state index in [4.69, 9.17) is 5.73 Å². The Morgan fingerprint density at radius 2 is 0.920 bits per heavy atom. The molecule has 2 nitrogen and oxygen atoms in total. The zero-order valence-electron chi connectivity index (χ0n) is 13.5. The number of hydrogen-bond acceptors (Lipinski definition) is 1. The number of primary amides is 1. The predicted molar refractivity (Wildman–Crippen MR) is 99.8 cm³/mol. The SMILES string of the molecule is NC(=O)c1ccc(C#Cc2ccc(C#Cc3ccccc3)cc2)cc1. The monoisotopic (exact) mass is 321 g/mol. The van der Waals surface area contributed by atoms with Crippen LogP contribution in [0.4, 0.5) is 0 Å². The Labute approximate surface area is 147 Å². The number of amides is 1. The van der Waals surface area contributed by atoms with Crippen LogP contribution in [0.1, 0.15) is 32.6 Å². The van der Waals surface area contributed by atoms with E-state index in [1.54, 1.807) is 24.3 Å². The molecule has 0 fully saturated rings. The van der Waals surface area contributed by atoms with Crippen LogP contribution >= 0.6 is 0 Å². The van der Waals surface area contributed by atoms with Crippen molar-refractivity contribution in [2.24, 2.45) is 5.73 Å². The van der Waals surface area contributed by atoms with Crippen molar-refractivity contribution in [1.29, 1.82) is 0 Å². The van der Waals surface area contributed by atoms with Crippen molar-refractivity contribution in [3.8, 4) is 23.7 Å². The zero-order chi connectivity index (χ0) is 17.5. The molecule has 0 heterocycles. The van der Waals surface area contributed by atoms with Crippen LogP contribution in [0.2, 0.25) is 0 Å². The van der Waals surface area contributed by atoms with E-state index in [0.29, 0.717) is 5.56 Å². The molecule has 118 valence electrons. The number of hydrogen-bond donors (Lipinski definition) is 1.